The van der Waals surface area contributed by atoms with E-state index in [1.165, 1.54) is 57.5 Å². The molecule has 2 fully saturated rings. The second kappa shape index (κ2) is 5.09. The van der Waals surface area contributed by atoms with Crippen LogP contribution in [0, 0.1) is 0 Å². The number of piperidine rings is 1. The zero-order valence-corrected chi connectivity index (χ0v) is 10.5. The van der Waals surface area contributed by atoms with E-state index in [0.717, 1.165) is 5.92 Å². The highest BCUT2D eigenvalue weighted by Crippen LogP contribution is 2.29. The summed E-state index contributed by atoms with van der Waals surface area (Å²) in [6.07, 6.45) is 5.31. The lowest BCUT2D eigenvalue weighted by Gasteiger charge is -2.25. The Morgan fingerprint density at radius 3 is 2.59 bits per heavy atom. The van der Waals surface area contributed by atoms with Gasteiger partial charge in [0.15, 0.2) is 0 Å². The minimum atomic E-state index is 0.777. The first-order valence-corrected chi connectivity index (χ1v) is 6.99. The van der Waals surface area contributed by atoms with Crippen molar-refractivity contribution in [3.63, 3.8) is 0 Å². The van der Waals surface area contributed by atoms with Crippen LogP contribution in [0.5, 0.6) is 0 Å². The van der Waals surface area contributed by atoms with Crippen molar-refractivity contribution in [2.75, 3.05) is 31.1 Å². The number of nitrogens with zero attached hydrogens (tertiary/aromatic N) is 1. The fourth-order valence-corrected chi connectivity index (χ4v) is 3.11. The van der Waals surface area contributed by atoms with Crippen molar-refractivity contribution in [2.45, 2.75) is 31.6 Å². The molecule has 0 bridgehead atoms. The molecular weight excluding hydrogens is 208 g/mol. The van der Waals surface area contributed by atoms with Crippen molar-refractivity contribution < 1.29 is 0 Å². The molecule has 0 atom stereocenters. The molecule has 2 nitrogen and oxygen atoms in total. The normalized spacial score (nSPS) is 22.0. The van der Waals surface area contributed by atoms with Crippen LogP contribution >= 0.6 is 0 Å². The highest BCUT2D eigenvalue weighted by atomic mass is 15.1. The summed E-state index contributed by atoms with van der Waals surface area (Å²) < 4.78 is 0. The number of anilines is 1. The molecular formula is C15H22N2. The van der Waals surface area contributed by atoms with Crippen LogP contribution in [0.15, 0.2) is 24.3 Å². The van der Waals surface area contributed by atoms with Crippen LogP contribution in [0.3, 0.4) is 0 Å². The summed E-state index contributed by atoms with van der Waals surface area (Å²) in [6.45, 7) is 4.85. The molecule has 1 aromatic rings. The second-order valence-corrected chi connectivity index (χ2v) is 5.31. The Hall–Kier alpha value is -1.02. The van der Waals surface area contributed by atoms with Gasteiger partial charge >= 0.3 is 0 Å². The molecule has 2 saturated heterocycles. The molecule has 2 aliphatic heterocycles. The summed E-state index contributed by atoms with van der Waals surface area (Å²) in [6, 6.07) is 9.26. The lowest BCUT2D eigenvalue weighted by atomic mass is 9.90. The first-order chi connectivity index (χ1) is 8.43. The van der Waals surface area contributed by atoms with E-state index in [0.29, 0.717) is 0 Å². The average Bonchev–Trinajstić information content (AvgIpc) is 2.94. The highest BCUT2D eigenvalue weighted by molar-refractivity contribution is 5.50. The highest BCUT2D eigenvalue weighted by Gasteiger charge is 2.17. The van der Waals surface area contributed by atoms with Crippen LogP contribution in [-0.4, -0.2) is 26.2 Å². The Morgan fingerprint density at radius 1 is 1.06 bits per heavy atom. The lowest BCUT2D eigenvalue weighted by molar-refractivity contribution is 0.460. The van der Waals surface area contributed by atoms with Crippen molar-refractivity contribution in [1.29, 1.82) is 0 Å². The van der Waals surface area contributed by atoms with Gasteiger partial charge in [-0.3, -0.25) is 0 Å². The van der Waals surface area contributed by atoms with Gasteiger partial charge in [-0.2, -0.15) is 0 Å². The zero-order valence-electron chi connectivity index (χ0n) is 10.5. The van der Waals surface area contributed by atoms with Crippen molar-refractivity contribution in [3.8, 4) is 0 Å². The van der Waals surface area contributed by atoms with Gasteiger partial charge in [0.2, 0.25) is 0 Å². The third kappa shape index (κ3) is 2.47. The zero-order chi connectivity index (χ0) is 11.5. The van der Waals surface area contributed by atoms with E-state index in [1.807, 2.05) is 0 Å². The maximum atomic E-state index is 3.44. The molecule has 0 aliphatic carbocycles. The maximum absolute atomic E-state index is 3.44. The molecule has 0 unspecified atom stereocenters. The summed E-state index contributed by atoms with van der Waals surface area (Å²) in [4.78, 5) is 2.53. The monoisotopic (exact) mass is 230 g/mol. The number of benzene rings is 1. The summed E-state index contributed by atoms with van der Waals surface area (Å²) in [7, 11) is 0. The van der Waals surface area contributed by atoms with Crippen molar-refractivity contribution in [1.82, 2.24) is 5.32 Å². The Morgan fingerprint density at radius 2 is 1.82 bits per heavy atom. The molecule has 3 rings (SSSR count). The molecule has 0 spiro atoms. The van der Waals surface area contributed by atoms with Gasteiger partial charge in [-0.05, 0) is 62.4 Å². The Bertz CT molecular complexity index is 363. The van der Waals surface area contributed by atoms with Crippen LogP contribution in [0.4, 0.5) is 5.69 Å². The smallest absolute Gasteiger partial charge is 0.0369 e. The van der Waals surface area contributed by atoms with Crippen LogP contribution in [0.2, 0.25) is 0 Å². The van der Waals surface area contributed by atoms with Crippen LogP contribution in [0.1, 0.15) is 37.2 Å². The average molecular weight is 230 g/mol. The molecule has 0 saturated carbocycles. The minimum Gasteiger partial charge on any atom is -0.372 e. The van der Waals surface area contributed by atoms with Gasteiger partial charge in [-0.25, -0.2) is 0 Å². The molecule has 2 aliphatic rings. The van der Waals surface area contributed by atoms with Gasteiger partial charge in [0.25, 0.3) is 0 Å². The Kier molecular flexibility index (Phi) is 3.32. The first kappa shape index (κ1) is 11.1. The van der Waals surface area contributed by atoms with E-state index < -0.39 is 0 Å². The van der Waals surface area contributed by atoms with E-state index in [-0.39, 0.29) is 0 Å². The summed E-state index contributed by atoms with van der Waals surface area (Å²) in [5, 5.41) is 3.44. The van der Waals surface area contributed by atoms with Gasteiger partial charge in [-0.15, -0.1) is 0 Å². The van der Waals surface area contributed by atoms with Crippen molar-refractivity contribution in [2.24, 2.45) is 0 Å². The molecule has 0 aromatic heterocycles. The fraction of sp³-hybridized carbons (Fsp3) is 0.600. The third-order valence-corrected chi connectivity index (χ3v) is 4.15. The van der Waals surface area contributed by atoms with E-state index >= 15 is 0 Å². The molecule has 1 aromatic carbocycles. The fourth-order valence-electron chi connectivity index (χ4n) is 3.11. The lowest BCUT2D eigenvalue weighted by Crippen LogP contribution is -2.26. The van der Waals surface area contributed by atoms with Crippen LogP contribution in [-0.2, 0) is 0 Å². The maximum Gasteiger partial charge on any atom is 0.0369 e. The molecule has 0 amide bonds. The number of hydrogen-bond acceptors (Lipinski definition) is 2. The molecule has 2 heteroatoms. The molecule has 92 valence electrons. The molecule has 17 heavy (non-hydrogen) atoms. The Labute approximate surface area is 104 Å². The quantitative estimate of drug-likeness (QED) is 0.840. The van der Waals surface area contributed by atoms with E-state index in [4.69, 9.17) is 0 Å². The van der Waals surface area contributed by atoms with Crippen molar-refractivity contribution >= 4 is 5.69 Å². The van der Waals surface area contributed by atoms with Gasteiger partial charge < -0.3 is 10.2 Å². The summed E-state index contributed by atoms with van der Waals surface area (Å²) in [5.74, 6) is 0.777. The molecule has 2 heterocycles. The predicted molar refractivity (Wildman–Crippen MR) is 72.7 cm³/mol. The summed E-state index contributed by atoms with van der Waals surface area (Å²) in [5.41, 5.74) is 2.99. The SMILES string of the molecule is c1cc(C2CCNCC2)cc(N2CCCC2)c1. The number of nitrogens with one attached hydrogen (secondary N) is 1. The topological polar surface area (TPSA) is 15.3 Å². The van der Waals surface area contributed by atoms with E-state index in [9.17, 15) is 0 Å². The first-order valence-electron chi connectivity index (χ1n) is 6.99. The largest absolute Gasteiger partial charge is 0.372 e. The van der Waals surface area contributed by atoms with Gasteiger partial charge in [0.05, 0.1) is 0 Å². The predicted octanol–water partition coefficient (Wildman–Crippen LogP) is 2.75. The minimum absolute atomic E-state index is 0.777. The second-order valence-electron chi connectivity index (χ2n) is 5.31. The Balaban J connectivity index is 1.77. The number of rotatable bonds is 2. The number of hydrogen-bond donors (Lipinski definition) is 1. The van der Waals surface area contributed by atoms with Gasteiger partial charge in [-0.1, -0.05) is 12.1 Å². The van der Waals surface area contributed by atoms with Crippen molar-refractivity contribution in [3.05, 3.63) is 29.8 Å². The van der Waals surface area contributed by atoms with Gasteiger partial charge in [0, 0.05) is 18.8 Å². The molecule has 0 radical (unpaired) electrons. The third-order valence-electron chi connectivity index (χ3n) is 4.15. The van der Waals surface area contributed by atoms with E-state index in [1.54, 1.807) is 5.56 Å². The van der Waals surface area contributed by atoms with E-state index in [2.05, 4.69) is 34.5 Å². The molecule has 1 N–H and O–H groups in total. The van der Waals surface area contributed by atoms with Crippen LogP contribution < -0.4 is 10.2 Å². The van der Waals surface area contributed by atoms with Gasteiger partial charge in [0.1, 0.15) is 0 Å². The standard InChI is InChI=1S/C15H22N2/c1-2-11-17(10-1)15-5-3-4-14(12-15)13-6-8-16-9-7-13/h3-5,12-13,16H,1-2,6-11H2. The summed E-state index contributed by atoms with van der Waals surface area (Å²) >= 11 is 0. The van der Waals surface area contributed by atoms with Crippen LogP contribution in [0.25, 0.3) is 0 Å².